The number of hydrogen-bond acceptors (Lipinski definition) is 3. The topological polar surface area (TPSA) is 72.3 Å². The highest BCUT2D eigenvalue weighted by molar-refractivity contribution is 9.10. The fourth-order valence-corrected chi connectivity index (χ4v) is 2.14. The molecule has 0 saturated heterocycles. The Bertz CT molecular complexity index is 416. The summed E-state index contributed by atoms with van der Waals surface area (Å²) in [5, 5.41) is 0. The van der Waals surface area contributed by atoms with Gasteiger partial charge >= 0.3 is 0 Å². The molecule has 1 amide bonds. The van der Waals surface area contributed by atoms with Crippen LogP contribution in [0.25, 0.3) is 0 Å². The van der Waals surface area contributed by atoms with E-state index in [9.17, 15) is 4.79 Å². The number of carbonyl (C=O) groups excluding carboxylic acids is 1. The average Bonchev–Trinajstić information content (AvgIpc) is 2.30. The monoisotopic (exact) mass is 299 g/mol. The zero-order valence-corrected chi connectivity index (χ0v) is 11.8. The molecule has 0 aliphatic heterocycles. The average molecular weight is 300 g/mol. The van der Waals surface area contributed by atoms with E-state index >= 15 is 0 Å². The number of nitrogens with two attached hydrogens (primary N) is 2. The summed E-state index contributed by atoms with van der Waals surface area (Å²) in [5.74, 6) is -0.438. The third-order valence-electron chi connectivity index (χ3n) is 2.79. The van der Waals surface area contributed by atoms with Crippen molar-refractivity contribution in [1.82, 2.24) is 4.90 Å². The van der Waals surface area contributed by atoms with Crippen LogP contribution in [-0.2, 0) is 6.54 Å². The van der Waals surface area contributed by atoms with Crippen molar-refractivity contribution in [2.45, 2.75) is 20.4 Å². The van der Waals surface area contributed by atoms with Gasteiger partial charge in [0.1, 0.15) is 0 Å². The molecule has 0 aliphatic rings. The third kappa shape index (κ3) is 3.44. The van der Waals surface area contributed by atoms with Gasteiger partial charge in [-0.15, -0.1) is 0 Å². The highest BCUT2D eigenvalue weighted by atomic mass is 79.9. The van der Waals surface area contributed by atoms with E-state index < -0.39 is 5.91 Å². The van der Waals surface area contributed by atoms with Crippen molar-refractivity contribution in [2.75, 3.05) is 18.8 Å². The molecule has 4 nitrogen and oxygen atoms in total. The second-order valence-corrected chi connectivity index (χ2v) is 4.71. The van der Waals surface area contributed by atoms with Gasteiger partial charge in [0.25, 0.3) is 0 Å². The first-order valence-electron chi connectivity index (χ1n) is 5.59. The molecule has 17 heavy (non-hydrogen) atoms. The van der Waals surface area contributed by atoms with Gasteiger partial charge < -0.3 is 11.5 Å². The van der Waals surface area contributed by atoms with Crippen LogP contribution in [0.2, 0.25) is 0 Å². The second kappa shape index (κ2) is 6.02. The van der Waals surface area contributed by atoms with Crippen molar-refractivity contribution in [1.29, 1.82) is 0 Å². The molecule has 0 radical (unpaired) electrons. The van der Waals surface area contributed by atoms with Gasteiger partial charge in [0.2, 0.25) is 5.91 Å². The summed E-state index contributed by atoms with van der Waals surface area (Å²) in [6.07, 6.45) is 0. The fourth-order valence-electron chi connectivity index (χ4n) is 1.64. The molecule has 1 aromatic carbocycles. The van der Waals surface area contributed by atoms with Crippen molar-refractivity contribution >= 4 is 27.5 Å². The van der Waals surface area contributed by atoms with Crippen molar-refractivity contribution in [3.63, 3.8) is 0 Å². The lowest BCUT2D eigenvalue weighted by atomic mass is 10.1. The lowest BCUT2D eigenvalue weighted by Gasteiger charge is -2.20. The van der Waals surface area contributed by atoms with Crippen LogP contribution in [0.5, 0.6) is 0 Å². The van der Waals surface area contributed by atoms with Crippen LogP contribution in [0.4, 0.5) is 5.69 Å². The Morgan fingerprint density at radius 1 is 1.35 bits per heavy atom. The van der Waals surface area contributed by atoms with E-state index in [1.807, 2.05) is 0 Å². The van der Waals surface area contributed by atoms with E-state index in [-0.39, 0.29) is 0 Å². The number of hydrogen-bond donors (Lipinski definition) is 2. The van der Waals surface area contributed by atoms with E-state index in [1.165, 1.54) is 0 Å². The summed E-state index contributed by atoms with van der Waals surface area (Å²) in [5.41, 5.74) is 13.3. The van der Waals surface area contributed by atoms with E-state index in [1.54, 1.807) is 12.1 Å². The summed E-state index contributed by atoms with van der Waals surface area (Å²) in [4.78, 5) is 13.4. The Balaban J connectivity index is 3.09. The molecule has 0 bridgehead atoms. The first-order chi connectivity index (χ1) is 7.99. The minimum absolute atomic E-state index is 0.438. The highest BCUT2D eigenvalue weighted by Gasteiger charge is 2.11. The van der Waals surface area contributed by atoms with Crippen LogP contribution >= 0.6 is 15.9 Å². The van der Waals surface area contributed by atoms with Crippen LogP contribution < -0.4 is 11.5 Å². The maximum Gasteiger partial charge on any atom is 0.248 e. The van der Waals surface area contributed by atoms with Gasteiger partial charge in [-0.3, -0.25) is 9.69 Å². The molecule has 0 unspecified atom stereocenters. The molecule has 5 heteroatoms. The lowest BCUT2D eigenvalue weighted by Crippen LogP contribution is -2.23. The van der Waals surface area contributed by atoms with Crippen LogP contribution in [0.1, 0.15) is 29.8 Å². The van der Waals surface area contributed by atoms with Gasteiger partial charge in [-0.1, -0.05) is 13.8 Å². The van der Waals surface area contributed by atoms with E-state index in [2.05, 4.69) is 34.7 Å². The summed E-state index contributed by atoms with van der Waals surface area (Å²) in [7, 11) is 0. The number of carbonyl (C=O) groups is 1. The molecule has 0 saturated carbocycles. The number of amides is 1. The second-order valence-electron chi connectivity index (χ2n) is 3.86. The standard InChI is InChI=1S/C12H18BrN3O/c1-3-16(4-2)7-9-5-8(12(15)17)6-10(13)11(9)14/h5-6H,3-4,7,14H2,1-2H3,(H2,15,17). The lowest BCUT2D eigenvalue weighted by molar-refractivity contribution is 0.1000. The summed E-state index contributed by atoms with van der Waals surface area (Å²) in [6, 6.07) is 3.42. The number of anilines is 1. The summed E-state index contributed by atoms with van der Waals surface area (Å²) < 4.78 is 0.718. The molecule has 0 atom stereocenters. The van der Waals surface area contributed by atoms with Crippen molar-refractivity contribution in [3.8, 4) is 0 Å². The van der Waals surface area contributed by atoms with E-state index in [0.29, 0.717) is 11.3 Å². The molecule has 0 aromatic heterocycles. The molecule has 94 valence electrons. The Kier molecular flexibility index (Phi) is 4.96. The quantitative estimate of drug-likeness (QED) is 0.817. The van der Waals surface area contributed by atoms with Gasteiger partial charge in [-0.05, 0) is 46.7 Å². The zero-order valence-electron chi connectivity index (χ0n) is 10.2. The van der Waals surface area contributed by atoms with Gasteiger partial charge in [0.15, 0.2) is 0 Å². The van der Waals surface area contributed by atoms with Gasteiger partial charge in [0, 0.05) is 16.6 Å². The van der Waals surface area contributed by atoms with Crippen LogP contribution in [0.15, 0.2) is 16.6 Å². The van der Waals surface area contributed by atoms with Crippen LogP contribution in [0, 0.1) is 0 Å². The summed E-state index contributed by atoms with van der Waals surface area (Å²) >= 11 is 3.35. The SMILES string of the molecule is CCN(CC)Cc1cc(C(N)=O)cc(Br)c1N. The molecule has 0 spiro atoms. The molecule has 0 aliphatic carbocycles. The van der Waals surface area contributed by atoms with E-state index in [4.69, 9.17) is 11.5 Å². The number of nitrogen functional groups attached to an aromatic ring is 1. The number of nitrogens with zero attached hydrogens (tertiary/aromatic N) is 1. The molecule has 4 N–H and O–H groups in total. The number of rotatable bonds is 5. The van der Waals surface area contributed by atoms with Crippen LogP contribution in [0.3, 0.4) is 0 Å². The normalized spacial score (nSPS) is 10.8. The Hall–Kier alpha value is -1.07. The number of primary amides is 1. The van der Waals surface area contributed by atoms with Crippen molar-refractivity contribution in [2.24, 2.45) is 5.73 Å². The van der Waals surface area contributed by atoms with E-state index in [0.717, 1.165) is 29.7 Å². The molecular weight excluding hydrogens is 282 g/mol. The predicted molar refractivity (Wildman–Crippen MR) is 73.7 cm³/mol. The van der Waals surface area contributed by atoms with Crippen molar-refractivity contribution < 1.29 is 4.79 Å². The van der Waals surface area contributed by atoms with Gasteiger partial charge in [-0.25, -0.2) is 0 Å². The largest absolute Gasteiger partial charge is 0.398 e. The fraction of sp³-hybridized carbons (Fsp3) is 0.417. The molecule has 1 rings (SSSR count). The number of benzene rings is 1. The molecule has 0 fully saturated rings. The minimum atomic E-state index is -0.438. The van der Waals surface area contributed by atoms with Gasteiger partial charge in [-0.2, -0.15) is 0 Å². The zero-order chi connectivity index (χ0) is 13.0. The summed E-state index contributed by atoms with van der Waals surface area (Å²) in [6.45, 7) is 6.78. The molecule has 0 heterocycles. The first kappa shape index (κ1) is 14.0. The van der Waals surface area contributed by atoms with Gasteiger partial charge in [0.05, 0.1) is 5.69 Å². The maximum atomic E-state index is 11.2. The van der Waals surface area contributed by atoms with Crippen molar-refractivity contribution in [3.05, 3.63) is 27.7 Å². The Morgan fingerprint density at radius 2 is 1.94 bits per heavy atom. The minimum Gasteiger partial charge on any atom is -0.398 e. The first-order valence-corrected chi connectivity index (χ1v) is 6.38. The molecule has 1 aromatic rings. The Morgan fingerprint density at radius 3 is 2.41 bits per heavy atom. The third-order valence-corrected chi connectivity index (χ3v) is 3.44. The molecular formula is C12H18BrN3O. The highest BCUT2D eigenvalue weighted by Crippen LogP contribution is 2.26. The smallest absolute Gasteiger partial charge is 0.248 e. The predicted octanol–water partition coefficient (Wildman–Crippen LogP) is 1.97. The number of halogens is 1. The Labute approximate surface area is 110 Å². The van der Waals surface area contributed by atoms with Crippen LogP contribution in [-0.4, -0.2) is 23.9 Å². The maximum absolute atomic E-state index is 11.2.